The average molecular weight is 275 g/mol. The lowest BCUT2D eigenvalue weighted by atomic mass is 9.82. The maximum Gasteiger partial charge on any atom is 0.165 e. The highest BCUT2D eigenvalue weighted by Gasteiger charge is 2.21. The van der Waals surface area contributed by atoms with Gasteiger partial charge in [0.15, 0.2) is 11.6 Å². The molecule has 0 atom stereocenters. The number of methoxy groups -OCH3 is 1. The molecule has 0 radical (unpaired) electrons. The van der Waals surface area contributed by atoms with Crippen molar-refractivity contribution in [3.8, 4) is 5.75 Å². The first-order valence-electron chi connectivity index (χ1n) is 4.91. The molecule has 0 aliphatic rings. The Kier molecular flexibility index (Phi) is 4.14. The van der Waals surface area contributed by atoms with E-state index in [0.29, 0.717) is 5.75 Å². The van der Waals surface area contributed by atoms with Crippen molar-refractivity contribution >= 4 is 15.9 Å². The van der Waals surface area contributed by atoms with Gasteiger partial charge in [0.05, 0.1) is 7.11 Å². The van der Waals surface area contributed by atoms with Gasteiger partial charge in [0, 0.05) is 5.33 Å². The minimum atomic E-state index is -0.294. The maximum absolute atomic E-state index is 13.5. The molecule has 0 saturated heterocycles. The molecule has 1 rings (SSSR count). The summed E-state index contributed by atoms with van der Waals surface area (Å²) in [5, 5.41) is 0.910. The Morgan fingerprint density at radius 1 is 1.40 bits per heavy atom. The van der Waals surface area contributed by atoms with E-state index in [9.17, 15) is 4.39 Å². The van der Waals surface area contributed by atoms with E-state index in [2.05, 4.69) is 29.8 Å². The number of rotatable bonds is 4. The van der Waals surface area contributed by atoms with Crippen molar-refractivity contribution in [2.24, 2.45) is 0 Å². The molecule has 0 saturated carbocycles. The predicted molar refractivity (Wildman–Crippen MR) is 64.4 cm³/mol. The van der Waals surface area contributed by atoms with Gasteiger partial charge in [-0.15, -0.1) is 0 Å². The summed E-state index contributed by atoms with van der Waals surface area (Å²) in [6, 6.07) is 5.16. The smallest absolute Gasteiger partial charge is 0.165 e. The Hall–Kier alpha value is -0.570. The Balaban J connectivity index is 3.01. The Bertz CT molecular complexity index is 336. The van der Waals surface area contributed by atoms with Crippen molar-refractivity contribution in [2.75, 3.05) is 12.4 Å². The molecule has 1 nitrogen and oxygen atoms in total. The standard InChI is InChI=1S/C12H16BrFO/c1-12(2,6-7-13)9-4-5-11(15-3)10(14)8-9/h4-5,8H,6-7H2,1-3H3. The van der Waals surface area contributed by atoms with E-state index in [4.69, 9.17) is 4.74 Å². The second kappa shape index (κ2) is 4.97. The van der Waals surface area contributed by atoms with Crippen LogP contribution in [0.2, 0.25) is 0 Å². The van der Waals surface area contributed by atoms with E-state index >= 15 is 0 Å². The van der Waals surface area contributed by atoms with Gasteiger partial charge in [-0.1, -0.05) is 35.8 Å². The second-order valence-corrected chi connectivity index (χ2v) is 4.97. The first-order valence-corrected chi connectivity index (χ1v) is 6.03. The molecule has 1 aromatic rings. The monoisotopic (exact) mass is 274 g/mol. The average Bonchev–Trinajstić information content (AvgIpc) is 2.17. The summed E-state index contributed by atoms with van der Waals surface area (Å²) in [4.78, 5) is 0. The number of alkyl halides is 1. The molecule has 3 heteroatoms. The van der Waals surface area contributed by atoms with E-state index in [1.807, 2.05) is 6.07 Å². The summed E-state index contributed by atoms with van der Waals surface area (Å²) < 4.78 is 18.4. The quantitative estimate of drug-likeness (QED) is 0.757. The van der Waals surface area contributed by atoms with Crippen LogP contribution in [0.3, 0.4) is 0 Å². The van der Waals surface area contributed by atoms with Gasteiger partial charge in [-0.2, -0.15) is 0 Å². The topological polar surface area (TPSA) is 9.23 Å². The van der Waals surface area contributed by atoms with Gasteiger partial charge in [0.25, 0.3) is 0 Å². The van der Waals surface area contributed by atoms with Crippen LogP contribution >= 0.6 is 15.9 Å². The maximum atomic E-state index is 13.5. The SMILES string of the molecule is COc1ccc(C(C)(C)CCBr)cc1F. The third-order valence-electron chi connectivity index (χ3n) is 2.65. The number of hydrogen-bond acceptors (Lipinski definition) is 1. The lowest BCUT2D eigenvalue weighted by molar-refractivity contribution is 0.384. The minimum Gasteiger partial charge on any atom is -0.494 e. The van der Waals surface area contributed by atoms with Gasteiger partial charge >= 0.3 is 0 Å². The highest BCUT2D eigenvalue weighted by Crippen LogP contribution is 2.30. The van der Waals surface area contributed by atoms with Gasteiger partial charge in [-0.3, -0.25) is 0 Å². The lowest BCUT2D eigenvalue weighted by Gasteiger charge is -2.24. The number of hydrogen-bond donors (Lipinski definition) is 0. The lowest BCUT2D eigenvalue weighted by Crippen LogP contribution is -2.17. The summed E-state index contributed by atoms with van der Waals surface area (Å²) in [7, 11) is 1.47. The van der Waals surface area contributed by atoms with Crippen LogP contribution in [0.15, 0.2) is 18.2 Å². The number of benzene rings is 1. The molecule has 0 N–H and O–H groups in total. The van der Waals surface area contributed by atoms with Crippen LogP contribution in [-0.4, -0.2) is 12.4 Å². The first-order chi connectivity index (χ1) is 7.01. The number of halogens is 2. The second-order valence-electron chi connectivity index (χ2n) is 4.17. The fourth-order valence-electron chi connectivity index (χ4n) is 1.47. The number of ether oxygens (including phenoxy) is 1. The van der Waals surface area contributed by atoms with Crippen molar-refractivity contribution in [1.82, 2.24) is 0 Å². The highest BCUT2D eigenvalue weighted by molar-refractivity contribution is 9.09. The highest BCUT2D eigenvalue weighted by atomic mass is 79.9. The summed E-state index contributed by atoms with van der Waals surface area (Å²) in [6.45, 7) is 4.21. The van der Waals surface area contributed by atoms with E-state index < -0.39 is 0 Å². The van der Waals surface area contributed by atoms with Crippen LogP contribution in [0.25, 0.3) is 0 Å². The fourth-order valence-corrected chi connectivity index (χ4v) is 2.46. The van der Waals surface area contributed by atoms with Crippen molar-refractivity contribution in [3.63, 3.8) is 0 Å². The van der Waals surface area contributed by atoms with Gasteiger partial charge < -0.3 is 4.74 Å². The van der Waals surface area contributed by atoms with Crippen LogP contribution in [0, 0.1) is 5.82 Å². The van der Waals surface area contributed by atoms with Gasteiger partial charge in [0.2, 0.25) is 0 Å². The Labute approximate surface area is 98.8 Å². The first kappa shape index (κ1) is 12.5. The molecule has 0 aliphatic heterocycles. The molecule has 0 aliphatic carbocycles. The summed E-state index contributed by atoms with van der Waals surface area (Å²) in [5.74, 6) is 0.00559. The zero-order valence-corrected chi connectivity index (χ0v) is 10.9. The molecule has 1 aromatic carbocycles. The van der Waals surface area contributed by atoms with E-state index in [-0.39, 0.29) is 11.2 Å². The molecule has 0 unspecified atom stereocenters. The minimum absolute atomic E-state index is 0.0173. The molecule has 0 amide bonds. The molecule has 0 heterocycles. The third-order valence-corrected chi connectivity index (χ3v) is 3.05. The molecule has 0 aromatic heterocycles. The van der Waals surface area contributed by atoms with Crippen LogP contribution in [0.1, 0.15) is 25.8 Å². The molecule has 84 valence electrons. The van der Waals surface area contributed by atoms with Crippen molar-refractivity contribution in [3.05, 3.63) is 29.6 Å². The van der Waals surface area contributed by atoms with Crippen LogP contribution in [0.5, 0.6) is 5.75 Å². The van der Waals surface area contributed by atoms with Crippen molar-refractivity contribution in [1.29, 1.82) is 0 Å². The van der Waals surface area contributed by atoms with E-state index in [1.165, 1.54) is 7.11 Å². The van der Waals surface area contributed by atoms with E-state index in [1.54, 1.807) is 12.1 Å². The largest absolute Gasteiger partial charge is 0.494 e. The molecular weight excluding hydrogens is 259 g/mol. The fraction of sp³-hybridized carbons (Fsp3) is 0.500. The van der Waals surface area contributed by atoms with Crippen molar-refractivity contribution in [2.45, 2.75) is 25.7 Å². The summed E-state index contributed by atoms with van der Waals surface area (Å²) in [6.07, 6.45) is 0.971. The van der Waals surface area contributed by atoms with Crippen LogP contribution in [0.4, 0.5) is 4.39 Å². The van der Waals surface area contributed by atoms with E-state index in [0.717, 1.165) is 17.3 Å². The van der Waals surface area contributed by atoms with Gasteiger partial charge in [-0.05, 0) is 29.5 Å². The molecule has 0 spiro atoms. The zero-order valence-electron chi connectivity index (χ0n) is 9.31. The third kappa shape index (κ3) is 2.94. The molecule has 0 fully saturated rings. The van der Waals surface area contributed by atoms with Gasteiger partial charge in [0.1, 0.15) is 0 Å². The predicted octanol–water partition coefficient (Wildman–Crippen LogP) is 3.90. The Morgan fingerprint density at radius 2 is 2.07 bits per heavy atom. The van der Waals surface area contributed by atoms with Crippen LogP contribution < -0.4 is 4.74 Å². The summed E-state index contributed by atoms with van der Waals surface area (Å²) in [5.41, 5.74) is 0.983. The normalized spacial score (nSPS) is 11.5. The molecule has 0 bridgehead atoms. The molecular formula is C12H16BrFO. The van der Waals surface area contributed by atoms with Crippen molar-refractivity contribution < 1.29 is 9.13 Å². The van der Waals surface area contributed by atoms with Gasteiger partial charge in [-0.25, -0.2) is 4.39 Å². The Morgan fingerprint density at radius 3 is 2.53 bits per heavy atom. The van der Waals surface area contributed by atoms with Crippen LogP contribution in [-0.2, 0) is 5.41 Å². The molecule has 15 heavy (non-hydrogen) atoms. The summed E-state index contributed by atoms with van der Waals surface area (Å²) >= 11 is 3.41. The zero-order chi connectivity index (χ0) is 11.5.